The van der Waals surface area contributed by atoms with Crippen molar-refractivity contribution in [2.75, 3.05) is 25.4 Å². The van der Waals surface area contributed by atoms with Gasteiger partial charge in [0, 0.05) is 19.6 Å². The fraction of sp³-hybridized carbons (Fsp3) is 0.444. The van der Waals surface area contributed by atoms with Gasteiger partial charge in [-0.15, -0.1) is 11.3 Å². The molecular formula is C9H11ClN2O3S2. The second kappa shape index (κ2) is 4.93. The quantitative estimate of drug-likeness (QED) is 0.832. The van der Waals surface area contributed by atoms with E-state index in [4.69, 9.17) is 11.6 Å². The van der Waals surface area contributed by atoms with Crippen molar-refractivity contribution in [3.63, 3.8) is 0 Å². The van der Waals surface area contributed by atoms with Gasteiger partial charge >= 0.3 is 0 Å². The highest BCUT2D eigenvalue weighted by atomic mass is 35.5. The third-order valence-corrected chi connectivity index (χ3v) is 5.00. The first-order chi connectivity index (χ1) is 7.99. The summed E-state index contributed by atoms with van der Waals surface area (Å²) >= 11 is 7.17. The summed E-state index contributed by atoms with van der Waals surface area (Å²) in [6, 6.07) is 1.65. The van der Waals surface area contributed by atoms with E-state index < -0.39 is 10.0 Å². The molecule has 94 valence electrons. The summed E-state index contributed by atoms with van der Waals surface area (Å²) in [5.41, 5.74) is 0.441. The van der Waals surface area contributed by atoms with Crippen LogP contribution in [0.15, 0.2) is 11.4 Å². The zero-order valence-corrected chi connectivity index (χ0v) is 11.2. The molecule has 8 heteroatoms. The third-order valence-electron chi connectivity index (χ3n) is 2.47. The number of nitrogens with zero attached hydrogens (tertiary/aromatic N) is 1. The molecule has 0 atom stereocenters. The Morgan fingerprint density at radius 2 is 2.24 bits per heavy atom. The molecule has 1 fully saturated rings. The first-order valence-corrected chi connectivity index (χ1v) is 7.90. The van der Waals surface area contributed by atoms with Crippen LogP contribution in [0.4, 0.5) is 0 Å². The first-order valence-electron chi connectivity index (χ1n) is 4.99. The first kappa shape index (κ1) is 12.8. The van der Waals surface area contributed by atoms with Crippen LogP contribution in [0, 0.1) is 0 Å². The Balaban J connectivity index is 2.14. The number of hydrogen-bond acceptors (Lipinski definition) is 4. The lowest BCUT2D eigenvalue weighted by atomic mass is 10.3. The van der Waals surface area contributed by atoms with E-state index >= 15 is 0 Å². The van der Waals surface area contributed by atoms with Crippen molar-refractivity contribution in [1.29, 1.82) is 0 Å². The van der Waals surface area contributed by atoms with Crippen molar-refractivity contribution in [1.82, 2.24) is 9.62 Å². The van der Waals surface area contributed by atoms with E-state index in [2.05, 4.69) is 4.72 Å². The second-order valence-electron chi connectivity index (χ2n) is 3.61. The molecule has 0 aromatic carbocycles. The minimum Gasteiger partial charge on any atom is -0.336 e. The van der Waals surface area contributed by atoms with Crippen molar-refractivity contribution in [2.24, 2.45) is 0 Å². The number of rotatable bonds is 1. The summed E-state index contributed by atoms with van der Waals surface area (Å²) in [5, 5.41) is 1.74. The second-order valence-corrected chi connectivity index (χ2v) is 7.06. The number of amides is 1. The molecule has 1 saturated heterocycles. The smallest absolute Gasteiger partial charge is 0.256 e. The topological polar surface area (TPSA) is 66.5 Å². The molecule has 2 rings (SSSR count). The molecule has 17 heavy (non-hydrogen) atoms. The van der Waals surface area contributed by atoms with Gasteiger partial charge in [-0.2, -0.15) is 0 Å². The summed E-state index contributed by atoms with van der Waals surface area (Å²) in [4.78, 5) is 13.6. The Morgan fingerprint density at radius 1 is 1.47 bits per heavy atom. The van der Waals surface area contributed by atoms with Gasteiger partial charge in [-0.3, -0.25) is 4.79 Å². The molecular weight excluding hydrogens is 284 g/mol. The Morgan fingerprint density at radius 3 is 2.88 bits per heavy atom. The van der Waals surface area contributed by atoms with Gasteiger partial charge in [0.1, 0.15) is 4.34 Å². The minimum absolute atomic E-state index is 0.0690. The van der Waals surface area contributed by atoms with Crippen LogP contribution < -0.4 is 4.72 Å². The Bertz CT molecular complexity index is 526. The fourth-order valence-corrected chi connectivity index (χ4v) is 3.48. The van der Waals surface area contributed by atoms with Crippen LogP contribution in [0.5, 0.6) is 0 Å². The van der Waals surface area contributed by atoms with Gasteiger partial charge in [0.15, 0.2) is 0 Å². The third kappa shape index (κ3) is 2.98. The molecule has 1 aromatic heterocycles. The van der Waals surface area contributed by atoms with Crippen molar-refractivity contribution in [3.05, 3.63) is 21.3 Å². The summed E-state index contributed by atoms with van der Waals surface area (Å²) in [6.45, 7) is 0.806. The molecule has 1 N–H and O–H groups in total. The molecule has 0 radical (unpaired) electrons. The van der Waals surface area contributed by atoms with E-state index in [0.29, 0.717) is 16.4 Å². The highest BCUT2D eigenvalue weighted by Gasteiger charge is 2.24. The highest BCUT2D eigenvalue weighted by Crippen LogP contribution is 2.24. The van der Waals surface area contributed by atoms with Crippen molar-refractivity contribution in [2.45, 2.75) is 0 Å². The molecule has 1 amide bonds. The van der Waals surface area contributed by atoms with Crippen molar-refractivity contribution >= 4 is 38.9 Å². The molecule has 2 heterocycles. The maximum Gasteiger partial charge on any atom is 0.256 e. The number of hydrogen-bond donors (Lipinski definition) is 1. The minimum atomic E-state index is -3.24. The van der Waals surface area contributed by atoms with E-state index in [0.717, 1.165) is 0 Å². The summed E-state index contributed by atoms with van der Waals surface area (Å²) < 4.78 is 25.5. The lowest BCUT2D eigenvalue weighted by molar-refractivity contribution is 0.0772. The van der Waals surface area contributed by atoms with Crippen LogP contribution in [0.2, 0.25) is 4.34 Å². The number of thiophene rings is 1. The predicted molar refractivity (Wildman–Crippen MR) is 67.0 cm³/mol. The summed E-state index contributed by atoms with van der Waals surface area (Å²) in [5.74, 6) is -0.282. The van der Waals surface area contributed by atoms with Gasteiger partial charge in [-0.05, 0) is 11.4 Å². The maximum absolute atomic E-state index is 12.1. The molecule has 0 aliphatic carbocycles. The highest BCUT2D eigenvalue weighted by molar-refractivity contribution is 7.89. The number of carbonyl (C=O) groups excluding carboxylic acids is 1. The molecule has 0 unspecified atom stereocenters. The molecule has 5 nitrogen and oxygen atoms in total. The Kier molecular flexibility index (Phi) is 3.72. The van der Waals surface area contributed by atoms with Gasteiger partial charge in [0.2, 0.25) is 10.0 Å². The van der Waals surface area contributed by atoms with Crippen LogP contribution in [-0.4, -0.2) is 44.6 Å². The van der Waals surface area contributed by atoms with Crippen LogP contribution in [0.3, 0.4) is 0 Å². The molecule has 0 bridgehead atoms. The van der Waals surface area contributed by atoms with Gasteiger partial charge in [-0.1, -0.05) is 11.6 Å². The SMILES string of the molecule is O=C(c1ccsc1Cl)N1CCNS(=O)(=O)CC1. The van der Waals surface area contributed by atoms with E-state index in [1.165, 1.54) is 16.2 Å². The van der Waals surface area contributed by atoms with Crippen LogP contribution in [-0.2, 0) is 10.0 Å². The van der Waals surface area contributed by atoms with Gasteiger partial charge in [-0.25, -0.2) is 13.1 Å². The molecule has 0 spiro atoms. The molecule has 1 aliphatic heterocycles. The lowest BCUT2D eigenvalue weighted by Gasteiger charge is -2.18. The van der Waals surface area contributed by atoms with E-state index in [-0.39, 0.29) is 24.7 Å². The largest absolute Gasteiger partial charge is 0.336 e. The normalized spacial score (nSPS) is 19.9. The monoisotopic (exact) mass is 294 g/mol. The van der Waals surface area contributed by atoms with Crippen LogP contribution >= 0.6 is 22.9 Å². The zero-order chi connectivity index (χ0) is 12.5. The van der Waals surface area contributed by atoms with E-state index in [1.54, 1.807) is 11.4 Å². The number of carbonyl (C=O) groups is 1. The summed E-state index contributed by atoms with van der Waals surface area (Å²) in [6.07, 6.45) is 0. The fourth-order valence-electron chi connectivity index (χ4n) is 1.57. The molecule has 1 aliphatic rings. The standard InChI is InChI=1S/C9H11ClN2O3S2/c10-8-7(1-5-16-8)9(13)12-3-2-11-17(14,15)6-4-12/h1,5,11H,2-4,6H2. The average Bonchev–Trinajstić information content (AvgIpc) is 2.59. The van der Waals surface area contributed by atoms with E-state index in [9.17, 15) is 13.2 Å². The van der Waals surface area contributed by atoms with Crippen LogP contribution in [0.1, 0.15) is 10.4 Å². The lowest BCUT2D eigenvalue weighted by Crippen LogP contribution is -2.34. The maximum atomic E-state index is 12.1. The number of nitrogens with one attached hydrogen (secondary N) is 1. The Hall–Kier alpha value is -0.630. The van der Waals surface area contributed by atoms with Crippen molar-refractivity contribution < 1.29 is 13.2 Å². The average molecular weight is 295 g/mol. The molecule has 1 aromatic rings. The number of halogens is 1. The molecule has 0 saturated carbocycles. The van der Waals surface area contributed by atoms with Gasteiger partial charge in [0.05, 0.1) is 11.3 Å². The van der Waals surface area contributed by atoms with Gasteiger partial charge in [0.25, 0.3) is 5.91 Å². The van der Waals surface area contributed by atoms with Crippen molar-refractivity contribution in [3.8, 4) is 0 Å². The van der Waals surface area contributed by atoms with Crippen LogP contribution in [0.25, 0.3) is 0 Å². The Labute approximate surface area is 108 Å². The predicted octanol–water partition coefficient (Wildman–Crippen LogP) is 0.777. The van der Waals surface area contributed by atoms with Gasteiger partial charge < -0.3 is 4.90 Å². The summed E-state index contributed by atoms with van der Waals surface area (Å²) in [7, 11) is -3.24. The zero-order valence-electron chi connectivity index (χ0n) is 8.85. The van der Waals surface area contributed by atoms with E-state index in [1.807, 2.05) is 0 Å². The number of sulfonamides is 1.